The lowest BCUT2D eigenvalue weighted by atomic mass is 10.2. The molecule has 0 aliphatic rings. The lowest BCUT2D eigenvalue weighted by Gasteiger charge is -2.04. The number of ether oxygens (including phenoxy) is 1. The van der Waals surface area contributed by atoms with Crippen LogP contribution in [0.5, 0.6) is 5.75 Å². The van der Waals surface area contributed by atoms with E-state index in [9.17, 15) is 9.59 Å². The number of rotatable bonds is 8. The molecule has 2 amide bonds. The third-order valence-electron chi connectivity index (χ3n) is 3.66. The Bertz CT molecular complexity index is 977. The van der Waals surface area contributed by atoms with Crippen molar-refractivity contribution in [1.82, 2.24) is 15.5 Å². The van der Waals surface area contributed by atoms with Gasteiger partial charge in [0.2, 0.25) is 11.8 Å². The van der Waals surface area contributed by atoms with Gasteiger partial charge in [-0.2, -0.15) is 0 Å². The molecule has 0 atom stereocenters. The zero-order chi connectivity index (χ0) is 20.6. The second kappa shape index (κ2) is 10.1. The average molecular weight is 477 g/mol. The molecule has 0 aliphatic carbocycles. The Labute approximate surface area is 179 Å². The van der Waals surface area contributed by atoms with E-state index in [0.717, 1.165) is 16.2 Å². The molecule has 8 nitrogen and oxygen atoms in total. The van der Waals surface area contributed by atoms with Crippen LogP contribution in [0.2, 0.25) is 0 Å². The van der Waals surface area contributed by atoms with Crippen LogP contribution < -0.4 is 15.4 Å². The molecule has 0 saturated carbocycles. The van der Waals surface area contributed by atoms with Crippen LogP contribution >= 0.6 is 27.7 Å². The van der Waals surface area contributed by atoms with Crippen molar-refractivity contribution in [3.05, 3.63) is 64.5 Å². The van der Waals surface area contributed by atoms with Gasteiger partial charge in [-0.3, -0.25) is 9.59 Å². The number of methoxy groups -OCH3 is 1. The van der Waals surface area contributed by atoms with E-state index in [1.165, 1.54) is 0 Å². The molecule has 29 heavy (non-hydrogen) atoms. The molecular weight excluding hydrogens is 460 g/mol. The number of halogens is 1. The topological polar surface area (TPSA) is 106 Å². The van der Waals surface area contributed by atoms with Crippen molar-refractivity contribution >= 4 is 45.2 Å². The maximum Gasteiger partial charge on any atom is 0.277 e. The maximum atomic E-state index is 12.1. The van der Waals surface area contributed by atoms with Crippen molar-refractivity contribution < 1.29 is 18.7 Å². The lowest BCUT2D eigenvalue weighted by molar-refractivity contribution is -0.113. The lowest BCUT2D eigenvalue weighted by Crippen LogP contribution is -2.22. The van der Waals surface area contributed by atoms with Crippen LogP contribution in [0.15, 0.2) is 62.6 Å². The van der Waals surface area contributed by atoms with Crippen molar-refractivity contribution in [2.24, 2.45) is 0 Å². The average Bonchev–Trinajstić information content (AvgIpc) is 3.20. The predicted molar refractivity (Wildman–Crippen MR) is 112 cm³/mol. The Morgan fingerprint density at radius 2 is 1.83 bits per heavy atom. The number of hydrogen-bond acceptors (Lipinski definition) is 7. The van der Waals surface area contributed by atoms with Gasteiger partial charge in [0.15, 0.2) is 0 Å². The molecule has 0 saturated heterocycles. The maximum absolute atomic E-state index is 12.1. The van der Waals surface area contributed by atoms with Crippen LogP contribution in [-0.2, 0) is 11.3 Å². The smallest absolute Gasteiger partial charge is 0.277 e. The number of thioether (sulfide) groups is 1. The first-order chi connectivity index (χ1) is 14.0. The summed E-state index contributed by atoms with van der Waals surface area (Å²) in [6.45, 7) is 0.0868. The predicted octanol–water partition coefficient (Wildman–Crippen LogP) is 3.50. The Balaban J connectivity index is 1.44. The Hall–Kier alpha value is -2.85. The van der Waals surface area contributed by atoms with Crippen LogP contribution in [0.1, 0.15) is 16.2 Å². The third kappa shape index (κ3) is 6.33. The number of carbonyl (C=O) groups excluding carboxylic acids is 2. The van der Waals surface area contributed by atoms with Gasteiger partial charge >= 0.3 is 0 Å². The number of nitrogens with zero attached hydrogens (tertiary/aromatic N) is 2. The Morgan fingerprint density at radius 1 is 1.10 bits per heavy atom. The van der Waals surface area contributed by atoms with Crippen molar-refractivity contribution in [3.8, 4) is 5.75 Å². The quantitative estimate of drug-likeness (QED) is 0.479. The van der Waals surface area contributed by atoms with Gasteiger partial charge in [-0.1, -0.05) is 27.7 Å². The standard InChI is InChI=1S/C19H17BrN4O4S/c1-27-15-8-2-12(3-9-15)18(26)21-10-17-23-24-19(28-17)29-11-16(25)22-14-6-4-13(20)5-7-14/h2-9H,10-11H2,1H3,(H,21,26)(H,22,25). The minimum Gasteiger partial charge on any atom is -0.497 e. The summed E-state index contributed by atoms with van der Waals surface area (Å²) in [6.07, 6.45) is 0. The molecule has 2 aromatic carbocycles. The first kappa shape index (κ1) is 20.9. The molecule has 0 aliphatic heterocycles. The van der Waals surface area contributed by atoms with Gasteiger partial charge in [0.1, 0.15) is 5.75 Å². The summed E-state index contributed by atoms with van der Waals surface area (Å²) in [5.74, 6) is 0.585. The number of amides is 2. The van der Waals surface area contributed by atoms with Crippen molar-refractivity contribution in [2.75, 3.05) is 18.2 Å². The highest BCUT2D eigenvalue weighted by Crippen LogP contribution is 2.18. The highest BCUT2D eigenvalue weighted by molar-refractivity contribution is 9.10. The van der Waals surface area contributed by atoms with E-state index in [1.807, 2.05) is 12.1 Å². The number of hydrogen-bond donors (Lipinski definition) is 2. The van der Waals surface area contributed by atoms with Crippen LogP contribution in [-0.4, -0.2) is 34.9 Å². The number of carbonyl (C=O) groups is 2. The van der Waals surface area contributed by atoms with Crippen LogP contribution in [0.3, 0.4) is 0 Å². The SMILES string of the molecule is COc1ccc(C(=O)NCc2nnc(SCC(=O)Nc3ccc(Br)cc3)o2)cc1. The fourth-order valence-electron chi connectivity index (χ4n) is 2.23. The monoisotopic (exact) mass is 476 g/mol. The van der Waals surface area contributed by atoms with Gasteiger partial charge in [0.05, 0.1) is 19.4 Å². The molecule has 1 aromatic heterocycles. The summed E-state index contributed by atoms with van der Waals surface area (Å²) in [5, 5.41) is 13.5. The van der Waals surface area contributed by atoms with Gasteiger partial charge in [-0.05, 0) is 48.5 Å². The molecule has 3 aromatic rings. The van der Waals surface area contributed by atoms with E-state index in [-0.39, 0.29) is 35.2 Å². The zero-order valence-corrected chi connectivity index (χ0v) is 17.7. The van der Waals surface area contributed by atoms with Crippen LogP contribution in [0.25, 0.3) is 0 Å². The van der Waals surface area contributed by atoms with Crippen LogP contribution in [0.4, 0.5) is 5.69 Å². The second-order valence-corrected chi connectivity index (χ2v) is 7.56. The summed E-state index contributed by atoms with van der Waals surface area (Å²) < 4.78 is 11.4. The van der Waals surface area contributed by atoms with E-state index in [4.69, 9.17) is 9.15 Å². The zero-order valence-electron chi connectivity index (χ0n) is 15.3. The van der Waals surface area contributed by atoms with E-state index in [2.05, 4.69) is 36.8 Å². The molecule has 150 valence electrons. The molecule has 0 spiro atoms. The van der Waals surface area contributed by atoms with Gasteiger partial charge in [0.25, 0.3) is 11.1 Å². The minimum absolute atomic E-state index is 0.0868. The van der Waals surface area contributed by atoms with E-state index >= 15 is 0 Å². The molecule has 0 radical (unpaired) electrons. The number of nitrogens with one attached hydrogen (secondary N) is 2. The molecule has 1 heterocycles. The highest BCUT2D eigenvalue weighted by atomic mass is 79.9. The van der Waals surface area contributed by atoms with Crippen LogP contribution in [0, 0.1) is 0 Å². The summed E-state index contributed by atoms with van der Waals surface area (Å²) >= 11 is 4.46. The summed E-state index contributed by atoms with van der Waals surface area (Å²) in [5.41, 5.74) is 1.19. The van der Waals surface area contributed by atoms with Crippen molar-refractivity contribution in [2.45, 2.75) is 11.8 Å². The minimum atomic E-state index is -0.270. The third-order valence-corrected chi connectivity index (χ3v) is 5.00. The summed E-state index contributed by atoms with van der Waals surface area (Å²) in [4.78, 5) is 24.1. The first-order valence-electron chi connectivity index (χ1n) is 8.46. The van der Waals surface area contributed by atoms with Gasteiger partial charge in [-0.15, -0.1) is 10.2 Å². The van der Waals surface area contributed by atoms with Crippen molar-refractivity contribution in [3.63, 3.8) is 0 Å². The number of aromatic nitrogens is 2. The highest BCUT2D eigenvalue weighted by Gasteiger charge is 2.12. The second-order valence-electron chi connectivity index (χ2n) is 5.72. The fraction of sp³-hybridized carbons (Fsp3) is 0.158. The van der Waals surface area contributed by atoms with Gasteiger partial charge in [0, 0.05) is 15.7 Å². The van der Waals surface area contributed by atoms with E-state index in [0.29, 0.717) is 17.0 Å². The normalized spacial score (nSPS) is 10.4. The largest absolute Gasteiger partial charge is 0.497 e. The first-order valence-corrected chi connectivity index (χ1v) is 10.2. The van der Waals surface area contributed by atoms with Gasteiger partial charge in [-0.25, -0.2) is 0 Å². The summed E-state index contributed by atoms with van der Waals surface area (Å²) in [7, 11) is 1.56. The molecule has 2 N–H and O–H groups in total. The molecule has 0 bridgehead atoms. The molecule has 10 heteroatoms. The van der Waals surface area contributed by atoms with Crippen molar-refractivity contribution in [1.29, 1.82) is 0 Å². The molecular formula is C19H17BrN4O4S. The Kier molecular flexibility index (Phi) is 7.25. The molecule has 3 rings (SSSR count). The van der Waals surface area contributed by atoms with E-state index < -0.39 is 0 Å². The summed E-state index contributed by atoms with van der Waals surface area (Å²) in [6, 6.07) is 14.0. The fourth-order valence-corrected chi connectivity index (χ4v) is 3.07. The number of anilines is 1. The van der Waals surface area contributed by atoms with Gasteiger partial charge < -0.3 is 19.8 Å². The van der Waals surface area contributed by atoms with E-state index in [1.54, 1.807) is 43.5 Å². The number of benzene rings is 2. The Morgan fingerprint density at radius 3 is 2.52 bits per heavy atom. The molecule has 0 unspecified atom stereocenters. The molecule has 0 fully saturated rings.